The third-order valence-electron chi connectivity index (χ3n) is 4.86. The van der Waals surface area contributed by atoms with Crippen molar-refractivity contribution in [3.8, 4) is 0 Å². The normalized spacial score (nSPS) is 10.7. The zero-order chi connectivity index (χ0) is 21.8. The lowest BCUT2D eigenvalue weighted by molar-refractivity contribution is 0.0697. The highest BCUT2D eigenvalue weighted by molar-refractivity contribution is 5.97. The second-order valence-electron chi connectivity index (χ2n) is 7.06. The molecule has 0 radical (unpaired) electrons. The molecule has 1 heterocycles. The van der Waals surface area contributed by atoms with E-state index in [1.165, 1.54) is 23.1 Å². The number of fused-ring (bicyclic) bond motifs is 1. The van der Waals surface area contributed by atoms with Gasteiger partial charge in [0.15, 0.2) is 0 Å². The van der Waals surface area contributed by atoms with Crippen LogP contribution in [0, 0.1) is 0 Å². The van der Waals surface area contributed by atoms with Crippen LogP contribution in [0.2, 0.25) is 0 Å². The molecule has 4 rings (SSSR count). The van der Waals surface area contributed by atoms with Crippen molar-refractivity contribution in [3.05, 3.63) is 112 Å². The highest BCUT2D eigenvalue weighted by Crippen LogP contribution is 2.15. The minimum Gasteiger partial charge on any atom is -0.478 e. The molecule has 2 N–H and O–H groups in total. The van der Waals surface area contributed by atoms with Gasteiger partial charge in [0, 0.05) is 12.1 Å². The maximum absolute atomic E-state index is 13.3. The van der Waals surface area contributed by atoms with Crippen LogP contribution in [0.3, 0.4) is 0 Å². The Balaban J connectivity index is 1.71. The zero-order valence-electron chi connectivity index (χ0n) is 16.5. The average molecular weight is 413 g/mol. The number of carboxylic acids is 1. The smallest absolute Gasteiger partial charge is 0.335 e. The van der Waals surface area contributed by atoms with Crippen molar-refractivity contribution in [1.29, 1.82) is 0 Å². The largest absolute Gasteiger partial charge is 0.478 e. The van der Waals surface area contributed by atoms with Crippen LogP contribution in [0.15, 0.2) is 83.7 Å². The van der Waals surface area contributed by atoms with E-state index in [4.69, 9.17) is 0 Å². The van der Waals surface area contributed by atoms with Gasteiger partial charge in [-0.15, -0.1) is 0 Å². The van der Waals surface area contributed by atoms with Gasteiger partial charge in [-0.2, -0.15) is 0 Å². The van der Waals surface area contributed by atoms with E-state index >= 15 is 0 Å². The molecule has 0 spiro atoms. The van der Waals surface area contributed by atoms with Crippen LogP contribution in [-0.4, -0.2) is 31.9 Å². The Hall–Kier alpha value is -4.26. The van der Waals surface area contributed by atoms with Crippen LogP contribution in [-0.2, 0) is 13.1 Å². The maximum Gasteiger partial charge on any atom is 0.335 e. The number of carbonyl (C=O) groups is 2. The van der Waals surface area contributed by atoms with E-state index < -0.39 is 5.97 Å². The summed E-state index contributed by atoms with van der Waals surface area (Å²) >= 11 is 0. The lowest BCUT2D eigenvalue weighted by Gasteiger charge is -2.23. The summed E-state index contributed by atoms with van der Waals surface area (Å²) in [5.74, 6) is -1.12. The van der Waals surface area contributed by atoms with Crippen molar-refractivity contribution in [1.82, 2.24) is 14.9 Å². The molecule has 0 saturated carbocycles. The average Bonchev–Trinajstić information content (AvgIpc) is 2.79. The molecular weight excluding hydrogens is 394 g/mol. The monoisotopic (exact) mass is 413 g/mol. The molecule has 7 nitrogen and oxygen atoms in total. The Morgan fingerprint density at radius 3 is 2.35 bits per heavy atom. The van der Waals surface area contributed by atoms with E-state index in [-0.39, 0.29) is 35.7 Å². The Morgan fingerprint density at radius 1 is 0.871 bits per heavy atom. The summed E-state index contributed by atoms with van der Waals surface area (Å²) in [6, 6.07) is 22.3. The molecule has 0 aliphatic carbocycles. The van der Waals surface area contributed by atoms with E-state index in [0.717, 1.165) is 5.56 Å². The van der Waals surface area contributed by atoms with Crippen molar-refractivity contribution in [3.63, 3.8) is 0 Å². The molecule has 4 aromatic rings. The highest BCUT2D eigenvalue weighted by Gasteiger charge is 2.19. The minimum atomic E-state index is -1.11. The fourth-order valence-electron chi connectivity index (χ4n) is 3.36. The fraction of sp³-hybridized carbons (Fsp3) is 0.0833. The van der Waals surface area contributed by atoms with Gasteiger partial charge in [0.05, 0.1) is 23.0 Å². The van der Waals surface area contributed by atoms with Crippen molar-refractivity contribution in [2.75, 3.05) is 0 Å². The predicted octanol–water partition coefficient (Wildman–Crippen LogP) is 3.46. The molecule has 0 atom stereocenters. The van der Waals surface area contributed by atoms with Gasteiger partial charge in [0.25, 0.3) is 11.5 Å². The number of nitrogens with zero attached hydrogens (tertiary/aromatic N) is 2. The number of rotatable bonds is 6. The number of carbonyl (C=O) groups excluding carboxylic acids is 1. The van der Waals surface area contributed by atoms with Crippen LogP contribution < -0.4 is 5.56 Å². The Morgan fingerprint density at radius 2 is 1.58 bits per heavy atom. The summed E-state index contributed by atoms with van der Waals surface area (Å²) < 4.78 is 0. The van der Waals surface area contributed by atoms with Gasteiger partial charge in [0.2, 0.25) is 0 Å². The zero-order valence-corrected chi connectivity index (χ0v) is 16.5. The van der Waals surface area contributed by atoms with Gasteiger partial charge < -0.3 is 15.0 Å². The molecule has 0 fully saturated rings. The Kier molecular flexibility index (Phi) is 5.57. The first-order valence-corrected chi connectivity index (χ1v) is 9.66. The van der Waals surface area contributed by atoms with E-state index in [1.54, 1.807) is 30.3 Å². The number of aromatic nitrogens is 2. The molecule has 0 unspecified atom stereocenters. The molecule has 154 valence electrons. The number of H-pyrrole nitrogens is 1. The van der Waals surface area contributed by atoms with Crippen molar-refractivity contribution < 1.29 is 14.7 Å². The summed E-state index contributed by atoms with van der Waals surface area (Å²) in [6.45, 7) is 0.332. The number of hydrogen-bond donors (Lipinski definition) is 2. The minimum absolute atomic E-state index is 0.0303. The molecule has 0 bridgehead atoms. The molecule has 0 aliphatic heterocycles. The van der Waals surface area contributed by atoms with Gasteiger partial charge >= 0.3 is 5.97 Å². The molecule has 0 aliphatic rings. The van der Waals surface area contributed by atoms with Gasteiger partial charge in [-0.05, 0) is 35.9 Å². The third-order valence-corrected chi connectivity index (χ3v) is 4.86. The van der Waals surface area contributed by atoms with Crippen molar-refractivity contribution in [2.45, 2.75) is 13.1 Å². The predicted molar refractivity (Wildman–Crippen MR) is 116 cm³/mol. The maximum atomic E-state index is 13.3. The molecule has 3 aromatic carbocycles. The number of aromatic carboxylic acids is 1. The number of para-hydroxylation sites is 1. The van der Waals surface area contributed by atoms with Gasteiger partial charge in [-0.3, -0.25) is 9.59 Å². The summed E-state index contributed by atoms with van der Waals surface area (Å²) in [7, 11) is 0. The summed E-state index contributed by atoms with van der Waals surface area (Å²) in [4.78, 5) is 45.8. The fourth-order valence-corrected chi connectivity index (χ4v) is 3.36. The molecule has 1 aromatic heterocycles. The number of amides is 1. The van der Waals surface area contributed by atoms with Crippen LogP contribution in [0.25, 0.3) is 10.9 Å². The van der Waals surface area contributed by atoms with Crippen LogP contribution in [0.5, 0.6) is 0 Å². The van der Waals surface area contributed by atoms with E-state index in [2.05, 4.69) is 9.97 Å². The molecular formula is C24H19N3O4. The second kappa shape index (κ2) is 8.62. The van der Waals surface area contributed by atoms with Crippen LogP contribution in [0.4, 0.5) is 0 Å². The van der Waals surface area contributed by atoms with Crippen molar-refractivity contribution >= 4 is 22.8 Å². The van der Waals surface area contributed by atoms with Crippen molar-refractivity contribution in [2.24, 2.45) is 0 Å². The summed E-state index contributed by atoms with van der Waals surface area (Å²) in [5, 5.41) is 9.73. The van der Waals surface area contributed by atoms with Gasteiger partial charge in [-0.25, -0.2) is 9.78 Å². The first-order chi connectivity index (χ1) is 15.0. The molecule has 7 heteroatoms. The van der Waals surface area contributed by atoms with Crippen LogP contribution >= 0.6 is 0 Å². The van der Waals surface area contributed by atoms with E-state index in [1.807, 2.05) is 30.3 Å². The lowest BCUT2D eigenvalue weighted by Crippen LogP contribution is -2.32. The Labute approximate surface area is 177 Å². The number of carboxylic acid groups (broad SMARTS) is 1. The quantitative estimate of drug-likeness (QED) is 0.504. The lowest BCUT2D eigenvalue weighted by atomic mass is 10.1. The number of aromatic amines is 1. The number of hydrogen-bond acceptors (Lipinski definition) is 4. The topological polar surface area (TPSA) is 103 Å². The van der Waals surface area contributed by atoms with Gasteiger partial charge in [-0.1, -0.05) is 48.5 Å². The number of nitrogens with one attached hydrogen (secondary N) is 1. The SMILES string of the molecule is O=C(O)c1cccc(C(=O)N(Cc2ccccc2)Cc2nc3ccccc3c(=O)[nH]2)c1. The van der Waals surface area contributed by atoms with Gasteiger partial charge in [0.1, 0.15) is 5.82 Å². The highest BCUT2D eigenvalue weighted by atomic mass is 16.4. The Bertz CT molecular complexity index is 1320. The number of benzene rings is 3. The third kappa shape index (κ3) is 4.51. The van der Waals surface area contributed by atoms with E-state index in [9.17, 15) is 19.5 Å². The molecule has 1 amide bonds. The second-order valence-corrected chi connectivity index (χ2v) is 7.06. The van der Waals surface area contributed by atoms with Crippen LogP contribution in [0.1, 0.15) is 32.1 Å². The molecule has 31 heavy (non-hydrogen) atoms. The summed E-state index contributed by atoms with van der Waals surface area (Å²) in [6.07, 6.45) is 0. The summed E-state index contributed by atoms with van der Waals surface area (Å²) in [5.41, 5.74) is 1.44. The standard InChI is InChI=1S/C24H19N3O4/c28-22-19-11-4-5-12-20(19)25-21(26-22)15-27(14-16-7-2-1-3-8-16)23(29)17-9-6-10-18(13-17)24(30)31/h1-13H,14-15H2,(H,30,31)(H,25,26,28). The first kappa shape index (κ1) is 20.0. The van der Waals surface area contributed by atoms with E-state index in [0.29, 0.717) is 16.7 Å². The molecule has 0 saturated heterocycles. The first-order valence-electron chi connectivity index (χ1n) is 9.66.